The summed E-state index contributed by atoms with van der Waals surface area (Å²) in [6.07, 6.45) is 0.972. The van der Waals surface area contributed by atoms with Crippen LogP contribution in [0.4, 0.5) is 0 Å². The van der Waals surface area contributed by atoms with E-state index in [4.69, 9.17) is 23.2 Å². The second kappa shape index (κ2) is 7.23. The van der Waals surface area contributed by atoms with Crippen molar-refractivity contribution in [1.82, 2.24) is 4.90 Å². The molecule has 0 bridgehead atoms. The van der Waals surface area contributed by atoms with Crippen LogP contribution in [-0.4, -0.2) is 43.2 Å². The Morgan fingerprint density at radius 1 is 1.29 bits per heavy atom. The summed E-state index contributed by atoms with van der Waals surface area (Å²) in [5, 5.41) is 1.13. The monoisotopic (exact) mass is 347 g/mol. The second-order valence-electron chi connectivity index (χ2n) is 5.61. The molecule has 1 aromatic rings. The average molecular weight is 348 g/mol. The van der Waals surface area contributed by atoms with Crippen LogP contribution in [0.25, 0.3) is 0 Å². The van der Waals surface area contributed by atoms with Gasteiger partial charge in [0.05, 0.1) is 25.9 Å². The molecular weight excluding hydrogens is 327 g/mol. The van der Waals surface area contributed by atoms with E-state index in [1.165, 1.54) is 4.90 Å². The van der Waals surface area contributed by atoms with E-state index in [0.717, 1.165) is 25.1 Å². The van der Waals surface area contributed by atoms with E-state index in [9.17, 15) is 4.79 Å². The zero-order valence-corrected chi connectivity index (χ0v) is 14.9. The fraction of sp³-hybridized carbons (Fsp3) is 0.533. The first kappa shape index (κ1) is 16.9. The summed E-state index contributed by atoms with van der Waals surface area (Å²) in [5.74, 6) is 0.176. The van der Waals surface area contributed by atoms with Crippen molar-refractivity contribution in [3.63, 3.8) is 0 Å². The Bertz CT molecular complexity index is 504. The highest BCUT2D eigenvalue weighted by atomic mass is 35.5. The van der Waals surface area contributed by atoms with Crippen molar-refractivity contribution in [2.24, 2.45) is 0 Å². The van der Waals surface area contributed by atoms with Gasteiger partial charge in [0.25, 0.3) is 0 Å². The van der Waals surface area contributed by atoms with Crippen LogP contribution < -0.4 is 4.90 Å². The van der Waals surface area contributed by atoms with Crippen molar-refractivity contribution in [3.05, 3.63) is 33.8 Å². The SMILES string of the molecule is C[C@H]1S[C@@H](c2c(Cl)cccc2Cl)N(CCC[NH+](C)C)C1=O. The summed E-state index contributed by atoms with van der Waals surface area (Å²) >= 11 is 14.3. The second-order valence-corrected chi connectivity index (χ2v) is 7.85. The first-order valence-corrected chi connectivity index (χ1v) is 8.80. The number of benzene rings is 1. The van der Waals surface area contributed by atoms with Crippen LogP contribution in [0.5, 0.6) is 0 Å². The Labute approximate surface area is 140 Å². The lowest BCUT2D eigenvalue weighted by Crippen LogP contribution is -3.05. The van der Waals surface area contributed by atoms with Crippen molar-refractivity contribution >= 4 is 40.9 Å². The molecule has 2 rings (SSSR count). The summed E-state index contributed by atoms with van der Waals surface area (Å²) in [7, 11) is 4.23. The highest BCUT2D eigenvalue weighted by Gasteiger charge is 2.39. The molecule has 0 radical (unpaired) electrons. The molecule has 1 fully saturated rings. The molecule has 0 spiro atoms. The number of amides is 1. The van der Waals surface area contributed by atoms with E-state index in [0.29, 0.717) is 10.0 Å². The molecule has 21 heavy (non-hydrogen) atoms. The van der Waals surface area contributed by atoms with Gasteiger partial charge in [0, 0.05) is 28.6 Å². The Balaban J connectivity index is 2.21. The highest BCUT2D eigenvalue weighted by Crippen LogP contribution is 2.47. The number of quaternary nitrogens is 1. The van der Waals surface area contributed by atoms with Crippen LogP contribution in [0, 0.1) is 0 Å². The van der Waals surface area contributed by atoms with Gasteiger partial charge in [0.1, 0.15) is 5.37 Å². The number of carbonyl (C=O) groups is 1. The first-order chi connectivity index (χ1) is 9.91. The smallest absolute Gasteiger partial charge is 0.236 e. The molecule has 0 aromatic heterocycles. The zero-order valence-electron chi connectivity index (χ0n) is 12.5. The highest BCUT2D eigenvalue weighted by molar-refractivity contribution is 8.01. The van der Waals surface area contributed by atoms with Crippen molar-refractivity contribution in [1.29, 1.82) is 0 Å². The maximum absolute atomic E-state index is 12.4. The van der Waals surface area contributed by atoms with E-state index in [-0.39, 0.29) is 16.5 Å². The zero-order chi connectivity index (χ0) is 15.6. The molecule has 3 nitrogen and oxygen atoms in total. The quantitative estimate of drug-likeness (QED) is 0.884. The number of carbonyl (C=O) groups excluding carboxylic acids is 1. The number of nitrogens with zero attached hydrogens (tertiary/aromatic N) is 1. The number of hydrogen-bond donors (Lipinski definition) is 1. The molecule has 1 N–H and O–H groups in total. The van der Waals surface area contributed by atoms with E-state index in [1.54, 1.807) is 11.8 Å². The van der Waals surface area contributed by atoms with Crippen molar-refractivity contribution in [2.45, 2.75) is 24.0 Å². The molecule has 2 atom stereocenters. The van der Waals surface area contributed by atoms with Gasteiger partial charge >= 0.3 is 0 Å². The molecule has 6 heteroatoms. The molecule has 0 saturated carbocycles. The van der Waals surface area contributed by atoms with Gasteiger partial charge in [-0.15, -0.1) is 11.8 Å². The minimum absolute atomic E-state index is 0.0472. The largest absolute Gasteiger partial charge is 0.340 e. The molecule has 0 aliphatic carbocycles. The van der Waals surface area contributed by atoms with Gasteiger partial charge in [-0.05, 0) is 19.1 Å². The first-order valence-electron chi connectivity index (χ1n) is 7.10. The number of halogens is 2. The third kappa shape index (κ3) is 3.86. The van der Waals surface area contributed by atoms with Crippen LogP contribution in [0.15, 0.2) is 18.2 Å². The molecule has 1 heterocycles. The Kier molecular flexibility index (Phi) is 5.83. The van der Waals surface area contributed by atoms with Gasteiger partial charge in [-0.25, -0.2) is 0 Å². The minimum atomic E-state index is -0.0779. The fourth-order valence-corrected chi connectivity index (χ4v) is 4.59. The van der Waals surface area contributed by atoms with Gasteiger partial charge in [0.15, 0.2) is 0 Å². The molecule has 0 unspecified atom stereocenters. The summed E-state index contributed by atoms with van der Waals surface area (Å²) < 4.78 is 0. The topological polar surface area (TPSA) is 24.8 Å². The molecule has 1 aliphatic heterocycles. The van der Waals surface area contributed by atoms with Crippen molar-refractivity contribution in [3.8, 4) is 0 Å². The number of thioether (sulfide) groups is 1. The van der Waals surface area contributed by atoms with Gasteiger partial charge in [-0.3, -0.25) is 4.79 Å². The van der Waals surface area contributed by atoms with Crippen molar-refractivity contribution in [2.75, 3.05) is 27.2 Å². The van der Waals surface area contributed by atoms with Crippen LogP contribution >= 0.6 is 35.0 Å². The lowest BCUT2D eigenvalue weighted by molar-refractivity contribution is -0.858. The van der Waals surface area contributed by atoms with Crippen LogP contribution in [0.3, 0.4) is 0 Å². The summed E-state index contributed by atoms with van der Waals surface area (Å²) in [6, 6.07) is 5.50. The standard InChI is InChI=1S/C15H20Cl2N2OS/c1-10-14(20)19(9-5-8-18(2)3)15(21-10)13-11(16)6-4-7-12(13)17/h4,6-7,10,15H,5,8-9H2,1-3H3/p+1/t10-,15+/m1/s1. The van der Waals surface area contributed by atoms with Gasteiger partial charge in [-0.1, -0.05) is 29.3 Å². The Morgan fingerprint density at radius 3 is 2.48 bits per heavy atom. The summed E-state index contributed by atoms with van der Waals surface area (Å²) in [6.45, 7) is 3.72. The maximum atomic E-state index is 12.4. The van der Waals surface area contributed by atoms with Crippen LogP contribution in [0.1, 0.15) is 24.3 Å². The minimum Gasteiger partial charge on any atom is -0.340 e. The fourth-order valence-electron chi connectivity index (χ4n) is 2.48. The van der Waals surface area contributed by atoms with E-state index < -0.39 is 0 Å². The van der Waals surface area contributed by atoms with Gasteiger partial charge in [-0.2, -0.15) is 0 Å². The van der Waals surface area contributed by atoms with Crippen LogP contribution in [0.2, 0.25) is 10.0 Å². The Hall–Kier alpha value is -0.420. The molecule has 1 saturated heterocycles. The lowest BCUT2D eigenvalue weighted by atomic mass is 10.2. The van der Waals surface area contributed by atoms with E-state index in [1.807, 2.05) is 30.0 Å². The molecule has 116 valence electrons. The van der Waals surface area contributed by atoms with E-state index >= 15 is 0 Å². The molecule has 1 aliphatic rings. The van der Waals surface area contributed by atoms with Gasteiger partial charge < -0.3 is 9.80 Å². The predicted octanol–water partition coefficient (Wildman–Crippen LogP) is 2.49. The van der Waals surface area contributed by atoms with Crippen LogP contribution in [-0.2, 0) is 4.79 Å². The van der Waals surface area contributed by atoms with Gasteiger partial charge in [0.2, 0.25) is 5.91 Å². The molecule has 1 amide bonds. The number of nitrogens with one attached hydrogen (secondary N) is 1. The number of hydrogen-bond acceptors (Lipinski definition) is 2. The normalized spacial score (nSPS) is 22.4. The third-order valence-corrected chi connectivity index (χ3v) is 5.59. The summed E-state index contributed by atoms with van der Waals surface area (Å²) in [5.41, 5.74) is 0.862. The van der Waals surface area contributed by atoms with E-state index in [2.05, 4.69) is 14.1 Å². The Morgan fingerprint density at radius 2 is 1.90 bits per heavy atom. The lowest BCUT2D eigenvalue weighted by Gasteiger charge is -2.25. The molecule has 1 aromatic carbocycles. The predicted molar refractivity (Wildman–Crippen MR) is 90.3 cm³/mol. The maximum Gasteiger partial charge on any atom is 0.236 e. The third-order valence-electron chi connectivity index (χ3n) is 3.57. The molecular formula is C15H21Cl2N2OS+. The van der Waals surface area contributed by atoms with Crippen molar-refractivity contribution < 1.29 is 9.69 Å². The average Bonchev–Trinajstić information content (AvgIpc) is 2.66. The summed E-state index contributed by atoms with van der Waals surface area (Å²) in [4.78, 5) is 15.7. The number of rotatable bonds is 5.